The summed E-state index contributed by atoms with van der Waals surface area (Å²) in [6.07, 6.45) is 1.93. The molecule has 0 aliphatic rings. The molecular formula is C6H11N2S+. The molecule has 3 heteroatoms. The molecule has 0 amide bonds. The zero-order valence-corrected chi connectivity index (χ0v) is 6.77. The van der Waals surface area contributed by atoms with Crippen molar-refractivity contribution in [3.63, 3.8) is 0 Å². The predicted octanol–water partition coefficient (Wildman–Crippen LogP) is 1.09. The Labute approximate surface area is 59.5 Å². The highest BCUT2D eigenvalue weighted by atomic mass is 32.1. The van der Waals surface area contributed by atoms with Gasteiger partial charge >= 0.3 is 0 Å². The molecule has 0 atom stereocenters. The minimum absolute atomic E-state index is 0.591. The number of rotatable bonds is 1. The highest BCUT2D eigenvalue weighted by Gasteiger charge is 2.10. The van der Waals surface area contributed by atoms with Crippen LogP contribution in [0.2, 0.25) is 0 Å². The van der Waals surface area contributed by atoms with E-state index in [1.807, 2.05) is 13.2 Å². The lowest BCUT2D eigenvalue weighted by atomic mass is 10.1. The van der Waals surface area contributed by atoms with Crippen LogP contribution in [-0.2, 0) is 7.05 Å². The van der Waals surface area contributed by atoms with Gasteiger partial charge in [-0.3, -0.25) is 0 Å². The molecular weight excluding hydrogens is 132 g/mol. The molecule has 0 aliphatic heterocycles. The Morgan fingerprint density at radius 2 is 2.33 bits per heavy atom. The van der Waals surface area contributed by atoms with Crippen molar-refractivity contribution in [2.75, 3.05) is 0 Å². The highest BCUT2D eigenvalue weighted by molar-refractivity contribution is 6.94. The number of hydrogen-bond donors (Lipinski definition) is 0. The quantitative estimate of drug-likeness (QED) is 0.538. The lowest BCUT2D eigenvalue weighted by Crippen LogP contribution is -2.27. The van der Waals surface area contributed by atoms with Gasteiger partial charge in [-0.15, -0.1) is 0 Å². The summed E-state index contributed by atoms with van der Waals surface area (Å²) in [4.78, 5) is 0. The van der Waals surface area contributed by atoms with E-state index in [-0.39, 0.29) is 0 Å². The van der Waals surface area contributed by atoms with Gasteiger partial charge in [0.15, 0.2) is 11.9 Å². The van der Waals surface area contributed by atoms with Gasteiger partial charge in [0, 0.05) is 10.3 Å². The van der Waals surface area contributed by atoms with E-state index in [1.54, 1.807) is 0 Å². The molecule has 1 rings (SSSR count). The second kappa shape index (κ2) is 2.43. The normalized spacial score (nSPS) is 10.7. The van der Waals surface area contributed by atoms with Crippen molar-refractivity contribution in [2.45, 2.75) is 19.8 Å². The molecule has 50 valence electrons. The smallest absolute Gasteiger partial charge is 0.176 e. The van der Waals surface area contributed by atoms with Gasteiger partial charge in [0.1, 0.15) is 0 Å². The Bertz CT molecular complexity index is 193. The lowest BCUT2D eigenvalue weighted by Gasteiger charge is -1.94. The molecule has 0 aromatic carbocycles. The van der Waals surface area contributed by atoms with E-state index in [9.17, 15) is 0 Å². The van der Waals surface area contributed by atoms with Crippen LogP contribution >= 0.6 is 11.7 Å². The number of nitrogens with zero attached hydrogens (tertiary/aromatic N) is 2. The minimum Gasteiger partial charge on any atom is -0.176 e. The van der Waals surface area contributed by atoms with Crippen LogP contribution < -0.4 is 3.96 Å². The predicted molar refractivity (Wildman–Crippen MR) is 37.4 cm³/mol. The first-order valence-corrected chi connectivity index (χ1v) is 3.76. The molecule has 0 bridgehead atoms. The summed E-state index contributed by atoms with van der Waals surface area (Å²) < 4.78 is 6.14. The molecule has 0 saturated heterocycles. The zero-order valence-electron chi connectivity index (χ0n) is 5.96. The standard InChI is InChI=1S/C6H11N2S/c1-5(2)6-4-7-9-8(6)3/h4-5H,1-3H3/q+1. The largest absolute Gasteiger partial charge is 0.276 e. The van der Waals surface area contributed by atoms with Crippen LogP contribution in [0, 0.1) is 0 Å². The van der Waals surface area contributed by atoms with Crippen molar-refractivity contribution < 1.29 is 3.96 Å². The van der Waals surface area contributed by atoms with Crippen LogP contribution in [0.5, 0.6) is 0 Å². The fourth-order valence-corrected chi connectivity index (χ4v) is 1.44. The monoisotopic (exact) mass is 143 g/mol. The highest BCUT2D eigenvalue weighted by Crippen LogP contribution is 2.07. The van der Waals surface area contributed by atoms with Crippen molar-refractivity contribution in [3.8, 4) is 0 Å². The van der Waals surface area contributed by atoms with Crippen molar-refractivity contribution in [1.29, 1.82) is 0 Å². The van der Waals surface area contributed by atoms with E-state index in [2.05, 4.69) is 22.2 Å². The minimum atomic E-state index is 0.591. The number of aromatic nitrogens is 2. The SMILES string of the molecule is CC(C)c1cns[n+]1C. The summed E-state index contributed by atoms with van der Waals surface area (Å²) in [5.74, 6) is 0.591. The number of aryl methyl sites for hydroxylation is 1. The summed E-state index contributed by atoms with van der Waals surface area (Å²) in [5.41, 5.74) is 1.31. The molecule has 0 fully saturated rings. The summed E-state index contributed by atoms with van der Waals surface area (Å²) >= 11 is 1.50. The Morgan fingerprint density at radius 3 is 2.56 bits per heavy atom. The first-order valence-electron chi connectivity index (χ1n) is 3.03. The van der Waals surface area contributed by atoms with Crippen molar-refractivity contribution >= 4 is 11.7 Å². The van der Waals surface area contributed by atoms with E-state index in [0.717, 1.165) is 0 Å². The first kappa shape index (κ1) is 6.68. The molecule has 0 N–H and O–H groups in total. The second-order valence-corrected chi connectivity index (χ2v) is 3.32. The fraction of sp³-hybridized carbons (Fsp3) is 0.667. The van der Waals surface area contributed by atoms with Crippen LogP contribution in [-0.4, -0.2) is 4.37 Å². The average Bonchev–Trinajstić information content (AvgIpc) is 2.13. The van der Waals surface area contributed by atoms with E-state index in [0.29, 0.717) is 5.92 Å². The molecule has 0 spiro atoms. The zero-order chi connectivity index (χ0) is 6.85. The first-order chi connectivity index (χ1) is 4.22. The van der Waals surface area contributed by atoms with E-state index < -0.39 is 0 Å². The molecule has 0 radical (unpaired) electrons. The van der Waals surface area contributed by atoms with Gasteiger partial charge in [0.05, 0.1) is 7.05 Å². The Hall–Kier alpha value is -0.440. The van der Waals surface area contributed by atoms with Crippen molar-refractivity contribution in [1.82, 2.24) is 4.37 Å². The van der Waals surface area contributed by atoms with Gasteiger partial charge in [-0.25, -0.2) is 0 Å². The fourth-order valence-electron chi connectivity index (χ4n) is 0.789. The Kier molecular flexibility index (Phi) is 1.81. The third-order valence-electron chi connectivity index (χ3n) is 1.31. The molecule has 9 heavy (non-hydrogen) atoms. The summed E-state index contributed by atoms with van der Waals surface area (Å²) in [6.45, 7) is 4.34. The van der Waals surface area contributed by atoms with E-state index >= 15 is 0 Å². The van der Waals surface area contributed by atoms with Crippen LogP contribution in [0.3, 0.4) is 0 Å². The molecule has 1 heterocycles. The van der Waals surface area contributed by atoms with Gasteiger partial charge in [-0.05, 0) is 0 Å². The number of hydrogen-bond acceptors (Lipinski definition) is 2. The van der Waals surface area contributed by atoms with E-state index in [4.69, 9.17) is 0 Å². The maximum absolute atomic E-state index is 4.05. The Balaban J connectivity index is 2.94. The van der Waals surface area contributed by atoms with Crippen molar-refractivity contribution in [2.24, 2.45) is 7.05 Å². The van der Waals surface area contributed by atoms with Gasteiger partial charge < -0.3 is 0 Å². The molecule has 1 aromatic heterocycles. The maximum Gasteiger partial charge on any atom is 0.276 e. The van der Waals surface area contributed by atoms with Crippen LogP contribution in [0.25, 0.3) is 0 Å². The summed E-state index contributed by atoms with van der Waals surface area (Å²) in [6, 6.07) is 0. The van der Waals surface area contributed by atoms with Crippen molar-refractivity contribution in [3.05, 3.63) is 11.9 Å². The van der Waals surface area contributed by atoms with Gasteiger partial charge in [-0.2, -0.15) is 3.96 Å². The topological polar surface area (TPSA) is 16.8 Å². The maximum atomic E-state index is 4.05. The third kappa shape index (κ3) is 1.27. The van der Waals surface area contributed by atoms with E-state index in [1.165, 1.54) is 17.4 Å². The van der Waals surface area contributed by atoms with Crippen LogP contribution in [0.1, 0.15) is 25.5 Å². The lowest BCUT2D eigenvalue weighted by molar-refractivity contribution is -0.610. The van der Waals surface area contributed by atoms with Gasteiger partial charge in [-0.1, -0.05) is 13.8 Å². The van der Waals surface area contributed by atoms with Crippen LogP contribution in [0.4, 0.5) is 0 Å². The molecule has 0 aliphatic carbocycles. The molecule has 0 unspecified atom stereocenters. The summed E-state index contributed by atoms with van der Waals surface area (Å²) in [7, 11) is 2.03. The van der Waals surface area contributed by atoms with Gasteiger partial charge in [0.2, 0.25) is 0 Å². The molecule has 2 nitrogen and oxygen atoms in total. The molecule has 0 saturated carbocycles. The third-order valence-corrected chi connectivity index (χ3v) is 1.97. The van der Waals surface area contributed by atoms with Crippen LogP contribution in [0.15, 0.2) is 6.20 Å². The average molecular weight is 143 g/mol. The summed E-state index contributed by atoms with van der Waals surface area (Å²) in [5, 5.41) is 0. The van der Waals surface area contributed by atoms with Gasteiger partial charge in [0.25, 0.3) is 11.7 Å². The second-order valence-electron chi connectivity index (χ2n) is 2.39. The molecule has 1 aromatic rings. The Morgan fingerprint density at radius 1 is 1.67 bits per heavy atom.